The van der Waals surface area contributed by atoms with E-state index >= 15 is 0 Å². The molecule has 0 unspecified atom stereocenters. The Labute approximate surface area is 131 Å². The molecule has 0 saturated carbocycles. The van der Waals surface area contributed by atoms with Crippen molar-refractivity contribution in [2.45, 2.75) is 19.8 Å². The molecule has 2 heterocycles. The molecule has 2 aromatic heterocycles. The van der Waals surface area contributed by atoms with Gasteiger partial charge in [-0.1, -0.05) is 13.8 Å². The van der Waals surface area contributed by atoms with Crippen LogP contribution in [0.3, 0.4) is 0 Å². The standard InChI is InChI=1S/C13H18N6O2S/c1-7(2)10-14-5-8(6-15-10)16-12-9(11(20)18-22-12)17-13(21)19(3)4/h5-7,16H,1-4H3,(H,17,21)(H,18,20). The lowest BCUT2D eigenvalue weighted by molar-refractivity contribution is 0.230. The first-order valence-electron chi connectivity index (χ1n) is 6.67. The predicted octanol–water partition coefficient (Wildman–Crippen LogP) is 2.19. The number of hydrogen-bond acceptors (Lipinski definition) is 6. The number of aromatic nitrogens is 3. The second kappa shape index (κ2) is 6.56. The molecule has 0 aliphatic heterocycles. The van der Waals surface area contributed by atoms with Crippen LogP contribution in [0.25, 0.3) is 0 Å². The number of nitrogens with one attached hydrogen (secondary N) is 3. The van der Waals surface area contributed by atoms with Gasteiger partial charge >= 0.3 is 6.03 Å². The van der Waals surface area contributed by atoms with Crippen LogP contribution in [-0.2, 0) is 0 Å². The number of urea groups is 1. The molecule has 0 saturated heterocycles. The average Bonchev–Trinajstić information content (AvgIpc) is 2.80. The maximum absolute atomic E-state index is 11.8. The molecule has 9 heteroatoms. The summed E-state index contributed by atoms with van der Waals surface area (Å²) in [5, 5.41) is 6.09. The summed E-state index contributed by atoms with van der Waals surface area (Å²) in [4.78, 5) is 33.3. The largest absolute Gasteiger partial charge is 0.342 e. The number of carbonyl (C=O) groups is 1. The molecule has 0 aliphatic carbocycles. The Hall–Kier alpha value is -2.42. The first-order chi connectivity index (χ1) is 10.4. The molecule has 0 radical (unpaired) electrons. The SMILES string of the molecule is CC(C)c1ncc(Nc2s[nH]c(=O)c2NC(=O)N(C)C)cn1. The van der Waals surface area contributed by atoms with E-state index in [1.807, 2.05) is 13.8 Å². The fourth-order valence-corrected chi connectivity index (χ4v) is 2.27. The molecule has 0 spiro atoms. The molecule has 8 nitrogen and oxygen atoms in total. The van der Waals surface area contributed by atoms with E-state index in [0.717, 1.165) is 17.4 Å². The predicted molar refractivity (Wildman–Crippen MR) is 87.0 cm³/mol. The van der Waals surface area contributed by atoms with E-state index in [1.165, 1.54) is 4.90 Å². The van der Waals surface area contributed by atoms with Crippen molar-refractivity contribution in [3.05, 3.63) is 28.6 Å². The van der Waals surface area contributed by atoms with Crippen LogP contribution < -0.4 is 16.2 Å². The molecule has 0 atom stereocenters. The van der Waals surface area contributed by atoms with Gasteiger partial charge in [0.1, 0.15) is 16.5 Å². The van der Waals surface area contributed by atoms with E-state index < -0.39 is 0 Å². The molecule has 0 fully saturated rings. The van der Waals surface area contributed by atoms with Gasteiger partial charge in [-0.15, -0.1) is 0 Å². The van der Waals surface area contributed by atoms with Crippen molar-refractivity contribution in [1.29, 1.82) is 0 Å². The number of nitrogens with zero attached hydrogens (tertiary/aromatic N) is 3. The number of hydrogen-bond donors (Lipinski definition) is 3. The highest BCUT2D eigenvalue weighted by Crippen LogP contribution is 2.26. The van der Waals surface area contributed by atoms with Gasteiger partial charge in [0, 0.05) is 20.0 Å². The highest BCUT2D eigenvalue weighted by atomic mass is 32.1. The lowest BCUT2D eigenvalue weighted by Crippen LogP contribution is -2.29. The highest BCUT2D eigenvalue weighted by molar-refractivity contribution is 7.11. The summed E-state index contributed by atoms with van der Waals surface area (Å²) in [5.41, 5.74) is 0.457. The topological polar surface area (TPSA) is 103 Å². The van der Waals surface area contributed by atoms with Crippen LogP contribution in [0.2, 0.25) is 0 Å². The molecule has 118 valence electrons. The summed E-state index contributed by atoms with van der Waals surface area (Å²) < 4.78 is 2.58. The molecule has 2 amide bonds. The number of amides is 2. The summed E-state index contributed by atoms with van der Waals surface area (Å²) in [6.45, 7) is 4.02. The van der Waals surface area contributed by atoms with Gasteiger partial charge in [-0.2, -0.15) is 0 Å². The molecule has 22 heavy (non-hydrogen) atoms. The van der Waals surface area contributed by atoms with E-state index in [4.69, 9.17) is 0 Å². The van der Waals surface area contributed by atoms with Gasteiger partial charge in [-0.3, -0.25) is 9.17 Å². The number of anilines is 3. The number of carbonyl (C=O) groups excluding carboxylic acids is 1. The normalized spacial score (nSPS) is 10.6. The Morgan fingerprint density at radius 2 is 1.95 bits per heavy atom. The van der Waals surface area contributed by atoms with Gasteiger partial charge < -0.3 is 15.5 Å². The number of aromatic amines is 1. The van der Waals surface area contributed by atoms with Crippen molar-refractivity contribution >= 4 is 33.9 Å². The summed E-state index contributed by atoms with van der Waals surface area (Å²) in [5.74, 6) is 0.987. The fourth-order valence-electron chi connectivity index (χ4n) is 1.55. The van der Waals surface area contributed by atoms with Gasteiger partial charge in [-0.25, -0.2) is 14.8 Å². The Kier molecular flexibility index (Phi) is 4.76. The first kappa shape index (κ1) is 16.0. The van der Waals surface area contributed by atoms with E-state index in [9.17, 15) is 9.59 Å². The number of rotatable bonds is 4. The zero-order valence-electron chi connectivity index (χ0n) is 12.8. The summed E-state index contributed by atoms with van der Waals surface area (Å²) >= 11 is 1.10. The minimum Gasteiger partial charge on any atom is -0.342 e. The van der Waals surface area contributed by atoms with Crippen LogP contribution in [0.5, 0.6) is 0 Å². The van der Waals surface area contributed by atoms with E-state index in [0.29, 0.717) is 10.7 Å². The van der Waals surface area contributed by atoms with Gasteiger partial charge in [0.25, 0.3) is 5.56 Å². The minimum absolute atomic E-state index is 0.177. The Morgan fingerprint density at radius 1 is 1.32 bits per heavy atom. The lowest BCUT2D eigenvalue weighted by atomic mass is 10.2. The smallest absolute Gasteiger partial charge is 0.321 e. The highest BCUT2D eigenvalue weighted by Gasteiger charge is 2.15. The third kappa shape index (κ3) is 3.61. The second-order valence-corrected chi connectivity index (χ2v) is 5.99. The maximum Gasteiger partial charge on any atom is 0.321 e. The summed E-state index contributed by atoms with van der Waals surface area (Å²) in [6.07, 6.45) is 3.29. The van der Waals surface area contributed by atoms with Crippen molar-refractivity contribution in [2.24, 2.45) is 0 Å². The van der Waals surface area contributed by atoms with Gasteiger partial charge in [0.05, 0.1) is 18.1 Å². The Bertz CT molecular complexity index is 704. The summed E-state index contributed by atoms with van der Waals surface area (Å²) in [6, 6.07) is -0.377. The van der Waals surface area contributed by atoms with Crippen molar-refractivity contribution in [1.82, 2.24) is 19.2 Å². The monoisotopic (exact) mass is 322 g/mol. The minimum atomic E-state index is -0.377. The Balaban J connectivity index is 2.19. The van der Waals surface area contributed by atoms with Crippen molar-refractivity contribution in [2.75, 3.05) is 24.7 Å². The third-order valence-electron chi connectivity index (χ3n) is 2.78. The van der Waals surface area contributed by atoms with Crippen LogP contribution in [0, 0.1) is 0 Å². The molecule has 0 aromatic carbocycles. The molecule has 0 bridgehead atoms. The van der Waals surface area contributed by atoms with Crippen LogP contribution in [-0.4, -0.2) is 39.4 Å². The van der Waals surface area contributed by atoms with Gasteiger partial charge in [0.2, 0.25) is 0 Å². The molecular formula is C13H18N6O2S. The van der Waals surface area contributed by atoms with Crippen LogP contribution >= 0.6 is 11.5 Å². The van der Waals surface area contributed by atoms with Gasteiger partial charge in [-0.05, 0) is 11.5 Å². The second-order valence-electron chi connectivity index (χ2n) is 5.17. The van der Waals surface area contributed by atoms with Gasteiger partial charge in [0.15, 0.2) is 0 Å². The van der Waals surface area contributed by atoms with E-state index in [1.54, 1.807) is 26.5 Å². The zero-order valence-corrected chi connectivity index (χ0v) is 13.6. The van der Waals surface area contributed by atoms with Crippen molar-refractivity contribution in [3.8, 4) is 0 Å². The first-order valence-corrected chi connectivity index (χ1v) is 7.49. The lowest BCUT2D eigenvalue weighted by Gasteiger charge is -2.12. The van der Waals surface area contributed by atoms with Crippen molar-refractivity contribution < 1.29 is 4.79 Å². The van der Waals surface area contributed by atoms with Crippen LogP contribution in [0.1, 0.15) is 25.6 Å². The maximum atomic E-state index is 11.8. The van der Waals surface area contributed by atoms with Crippen LogP contribution in [0.4, 0.5) is 21.2 Å². The van der Waals surface area contributed by atoms with E-state index in [-0.39, 0.29) is 23.2 Å². The zero-order chi connectivity index (χ0) is 16.3. The van der Waals surface area contributed by atoms with Crippen molar-refractivity contribution in [3.63, 3.8) is 0 Å². The average molecular weight is 322 g/mol. The Morgan fingerprint density at radius 3 is 2.50 bits per heavy atom. The van der Waals surface area contributed by atoms with E-state index in [2.05, 4.69) is 25.0 Å². The number of H-pyrrole nitrogens is 1. The van der Waals surface area contributed by atoms with Crippen LogP contribution in [0.15, 0.2) is 17.2 Å². The molecular weight excluding hydrogens is 304 g/mol. The fraction of sp³-hybridized carbons (Fsp3) is 0.385. The third-order valence-corrected chi connectivity index (χ3v) is 3.58. The molecule has 3 N–H and O–H groups in total. The molecule has 2 rings (SSSR count). The quantitative estimate of drug-likeness (QED) is 0.800. The summed E-state index contributed by atoms with van der Waals surface area (Å²) in [7, 11) is 3.20. The molecule has 2 aromatic rings. The molecule has 0 aliphatic rings.